The van der Waals surface area contributed by atoms with Gasteiger partial charge in [-0.1, -0.05) is 12.8 Å². The molecular formula is C15H27NO2. The summed E-state index contributed by atoms with van der Waals surface area (Å²) in [5.41, 5.74) is 0.00656. The van der Waals surface area contributed by atoms with E-state index in [2.05, 4.69) is 12.2 Å². The Morgan fingerprint density at radius 2 is 1.89 bits per heavy atom. The van der Waals surface area contributed by atoms with Gasteiger partial charge in [-0.2, -0.15) is 0 Å². The van der Waals surface area contributed by atoms with Crippen molar-refractivity contribution in [1.29, 1.82) is 0 Å². The summed E-state index contributed by atoms with van der Waals surface area (Å²) in [5, 5.41) is 13.8. The molecule has 0 aromatic heterocycles. The fourth-order valence-corrected chi connectivity index (χ4v) is 4.25. The molecule has 0 heterocycles. The molecule has 3 aliphatic carbocycles. The van der Waals surface area contributed by atoms with Gasteiger partial charge in [0.25, 0.3) is 0 Å². The number of aliphatic hydroxyl groups is 1. The molecule has 0 radical (unpaired) electrons. The van der Waals surface area contributed by atoms with E-state index >= 15 is 0 Å². The average molecular weight is 253 g/mol. The Balaban J connectivity index is 1.56. The number of ether oxygens (including phenoxy) is 1. The minimum Gasteiger partial charge on any atom is -0.389 e. The highest BCUT2D eigenvalue weighted by Crippen LogP contribution is 2.54. The van der Waals surface area contributed by atoms with Crippen LogP contribution >= 0.6 is 0 Å². The zero-order valence-corrected chi connectivity index (χ0v) is 11.6. The highest BCUT2D eigenvalue weighted by molar-refractivity contribution is 5.10. The number of nitrogens with one attached hydrogen (secondary N) is 1. The van der Waals surface area contributed by atoms with E-state index in [-0.39, 0.29) is 0 Å². The van der Waals surface area contributed by atoms with Crippen molar-refractivity contribution in [2.75, 3.05) is 13.2 Å². The first kappa shape index (κ1) is 12.9. The van der Waals surface area contributed by atoms with Crippen molar-refractivity contribution < 1.29 is 9.84 Å². The third-order valence-electron chi connectivity index (χ3n) is 5.65. The molecule has 0 aromatic carbocycles. The Hall–Kier alpha value is -0.120. The summed E-state index contributed by atoms with van der Waals surface area (Å²) in [5.74, 6) is 0. The average Bonchev–Trinajstić information content (AvgIpc) is 2.82. The molecule has 0 amide bonds. The molecule has 3 nitrogen and oxygen atoms in total. The third kappa shape index (κ3) is 2.00. The topological polar surface area (TPSA) is 41.5 Å². The lowest BCUT2D eigenvalue weighted by molar-refractivity contribution is -0.136. The van der Waals surface area contributed by atoms with E-state index in [1.165, 1.54) is 32.1 Å². The largest absolute Gasteiger partial charge is 0.389 e. The predicted molar refractivity (Wildman–Crippen MR) is 71.5 cm³/mol. The maximum Gasteiger partial charge on any atom is 0.0771 e. The molecule has 2 N–H and O–H groups in total. The van der Waals surface area contributed by atoms with Crippen LogP contribution < -0.4 is 5.32 Å². The van der Waals surface area contributed by atoms with E-state index in [0.717, 1.165) is 32.4 Å². The van der Waals surface area contributed by atoms with Gasteiger partial charge < -0.3 is 15.2 Å². The quantitative estimate of drug-likeness (QED) is 0.789. The summed E-state index contributed by atoms with van der Waals surface area (Å²) in [7, 11) is 0. The van der Waals surface area contributed by atoms with E-state index in [1.807, 2.05) is 0 Å². The Morgan fingerprint density at radius 3 is 2.44 bits per heavy atom. The first-order chi connectivity index (χ1) is 8.69. The van der Waals surface area contributed by atoms with E-state index in [9.17, 15) is 5.11 Å². The molecule has 0 saturated heterocycles. The van der Waals surface area contributed by atoms with Crippen LogP contribution in [0.2, 0.25) is 0 Å². The zero-order chi connectivity index (χ0) is 12.6. The molecule has 2 atom stereocenters. The molecule has 2 unspecified atom stereocenters. The molecule has 3 rings (SSSR count). The zero-order valence-electron chi connectivity index (χ0n) is 11.6. The van der Waals surface area contributed by atoms with E-state index < -0.39 is 5.60 Å². The first-order valence-corrected chi connectivity index (χ1v) is 7.76. The number of hydrogen-bond donors (Lipinski definition) is 2. The van der Waals surface area contributed by atoms with Crippen LogP contribution in [0.4, 0.5) is 0 Å². The summed E-state index contributed by atoms with van der Waals surface area (Å²) >= 11 is 0. The summed E-state index contributed by atoms with van der Waals surface area (Å²) in [4.78, 5) is 0. The van der Waals surface area contributed by atoms with Gasteiger partial charge >= 0.3 is 0 Å². The summed E-state index contributed by atoms with van der Waals surface area (Å²) in [6, 6.07) is 0.584. The summed E-state index contributed by atoms with van der Waals surface area (Å²) < 4.78 is 5.92. The maximum atomic E-state index is 10.2. The van der Waals surface area contributed by atoms with E-state index in [0.29, 0.717) is 17.6 Å². The molecule has 3 fully saturated rings. The van der Waals surface area contributed by atoms with Gasteiger partial charge in [0.15, 0.2) is 0 Å². The van der Waals surface area contributed by atoms with Crippen LogP contribution in [0.5, 0.6) is 0 Å². The van der Waals surface area contributed by atoms with Crippen LogP contribution in [0.1, 0.15) is 58.3 Å². The Morgan fingerprint density at radius 1 is 1.17 bits per heavy atom. The highest BCUT2D eigenvalue weighted by Gasteiger charge is 2.56. The number of hydrogen-bond acceptors (Lipinski definition) is 3. The van der Waals surface area contributed by atoms with Gasteiger partial charge in [-0.05, 0) is 45.4 Å². The molecule has 104 valence electrons. The van der Waals surface area contributed by atoms with Crippen molar-refractivity contribution in [2.24, 2.45) is 5.41 Å². The van der Waals surface area contributed by atoms with Crippen LogP contribution in [0.15, 0.2) is 0 Å². The molecule has 3 aliphatic rings. The lowest BCUT2D eigenvalue weighted by Gasteiger charge is -2.55. The lowest BCUT2D eigenvalue weighted by Crippen LogP contribution is -2.64. The number of rotatable bonds is 5. The second-order valence-electron chi connectivity index (χ2n) is 6.63. The first-order valence-electron chi connectivity index (χ1n) is 7.76. The van der Waals surface area contributed by atoms with Crippen LogP contribution in [0, 0.1) is 5.41 Å². The molecule has 0 aliphatic heterocycles. The van der Waals surface area contributed by atoms with Gasteiger partial charge in [0, 0.05) is 24.6 Å². The molecule has 3 saturated carbocycles. The molecule has 3 heteroatoms. The predicted octanol–water partition coefficient (Wildman–Crippen LogP) is 2.23. The van der Waals surface area contributed by atoms with Crippen molar-refractivity contribution >= 4 is 0 Å². The van der Waals surface area contributed by atoms with Gasteiger partial charge in [-0.3, -0.25) is 0 Å². The van der Waals surface area contributed by atoms with Gasteiger partial charge in [0.2, 0.25) is 0 Å². The lowest BCUT2D eigenvalue weighted by atomic mass is 9.60. The van der Waals surface area contributed by atoms with Gasteiger partial charge in [0.05, 0.1) is 11.7 Å². The second kappa shape index (κ2) is 4.77. The van der Waals surface area contributed by atoms with Crippen LogP contribution in [0.3, 0.4) is 0 Å². The molecule has 18 heavy (non-hydrogen) atoms. The van der Waals surface area contributed by atoms with Crippen LogP contribution in [-0.2, 0) is 4.74 Å². The second-order valence-corrected chi connectivity index (χ2v) is 6.63. The molecule has 1 spiro atoms. The molecule has 0 bridgehead atoms. The van der Waals surface area contributed by atoms with Crippen LogP contribution in [0.25, 0.3) is 0 Å². The smallest absolute Gasteiger partial charge is 0.0771 e. The fourth-order valence-electron chi connectivity index (χ4n) is 4.25. The Bertz CT molecular complexity index is 295. The standard InChI is InChI=1S/C15H27NO2/c1-2-18-13-10-12(15(13)8-3-4-9-15)16-11-14(17)6-5-7-14/h12-13,16-17H,2-11H2,1H3. The minimum absolute atomic E-state index is 0.392. The van der Waals surface area contributed by atoms with Gasteiger partial charge in [-0.25, -0.2) is 0 Å². The highest BCUT2D eigenvalue weighted by atomic mass is 16.5. The molecule has 0 aromatic rings. The molecular weight excluding hydrogens is 226 g/mol. The van der Waals surface area contributed by atoms with Crippen LogP contribution in [-0.4, -0.2) is 36.0 Å². The van der Waals surface area contributed by atoms with E-state index in [4.69, 9.17) is 4.74 Å². The van der Waals surface area contributed by atoms with Crippen molar-refractivity contribution in [3.05, 3.63) is 0 Å². The van der Waals surface area contributed by atoms with Crippen molar-refractivity contribution in [3.63, 3.8) is 0 Å². The Labute approximate surface area is 110 Å². The van der Waals surface area contributed by atoms with Crippen molar-refractivity contribution in [3.8, 4) is 0 Å². The SMILES string of the molecule is CCOC1CC(NCC2(O)CCC2)C12CCCC2. The third-order valence-corrected chi connectivity index (χ3v) is 5.65. The fraction of sp³-hybridized carbons (Fsp3) is 1.00. The monoisotopic (exact) mass is 253 g/mol. The minimum atomic E-state index is -0.392. The van der Waals surface area contributed by atoms with Crippen molar-refractivity contribution in [1.82, 2.24) is 5.32 Å². The van der Waals surface area contributed by atoms with Gasteiger partial charge in [0.1, 0.15) is 0 Å². The van der Waals surface area contributed by atoms with E-state index in [1.54, 1.807) is 0 Å². The van der Waals surface area contributed by atoms with Gasteiger partial charge in [-0.15, -0.1) is 0 Å². The maximum absolute atomic E-state index is 10.2. The van der Waals surface area contributed by atoms with Crippen molar-refractivity contribution in [2.45, 2.75) is 76.0 Å². The summed E-state index contributed by atoms with van der Waals surface area (Å²) in [6.07, 6.45) is 10.1. The summed E-state index contributed by atoms with van der Waals surface area (Å²) in [6.45, 7) is 3.72. The Kier molecular flexibility index (Phi) is 3.41. The normalized spacial score (nSPS) is 36.3.